The number of aryl methyl sites for hydroxylation is 1. The number of hydrogen-bond donors (Lipinski definition) is 1. The molecule has 1 aliphatic rings. The SMILES string of the molecule is CCC1C=NN(C(N)=NS(=O)(=O)c2ccc(C)cc2)C1. The number of nitrogens with two attached hydrogens (primary N) is 1. The Morgan fingerprint density at radius 2 is 2.10 bits per heavy atom. The quantitative estimate of drug-likeness (QED) is 0.673. The van der Waals surface area contributed by atoms with Gasteiger partial charge in [0.25, 0.3) is 10.0 Å². The largest absolute Gasteiger partial charge is 0.367 e. The van der Waals surface area contributed by atoms with Crippen LogP contribution in [0.15, 0.2) is 38.7 Å². The fourth-order valence-electron chi connectivity index (χ4n) is 1.81. The van der Waals surface area contributed by atoms with Gasteiger partial charge in [-0.3, -0.25) is 0 Å². The van der Waals surface area contributed by atoms with Crippen molar-refractivity contribution in [3.05, 3.63) is 29.8 Å². The highest BCUT2D eigenvalue weighted by atomic mass is 32.2. The predicted molar refractivity (Wildman–Crippen MR) is 79.0 cm³/mol. The van der Waals surface area contributed by atoms with Gasteiger partial charge in [0.1, 0.15) is 0 Å². The molecule has 0 aliphatic carbocycles. The van der Waals surface area contributed by atoms with E-state index in [-0.39, 0.29) is 16.8 Å². The van der Waals surface area contributed by atoms with Crippen LogP contribution in [-0.4, -0.2) is 32.1 Å². The van der Waals surface area contributed by atoms with Crippen LogP contribution in [0, 0.1) is 12.8 Å². The molecule has 1 unspecified atom stereocenters. The summed E-state index contributed by atoms with van der Waals surface area (Å²) < 4.78 is 27.9. The standard InChI is InChI=1S/C13H18N4O2S/c1-3-11-8-15-17(9-11)13(14)16-20(18,19)12-6-4-10(2)5-7-12/h4-8,11H,3,9H2,1-2H3,(H2,14,16). The van der Waals surface area contributed by atoms with Gasteiger partial charge in [0, 0.05) is 12.1 Å². The summed E-state index contributed by atoms with van der Waals surface area (Å²) in [5.74, 6) is 0.184. The van der Waals surface area contributed by atoms with E-state index in [4.69, 9.17) is 5.73 Å². The molecule has 0 saturated carbocycles. The van der Waals surface area contributed by atoms with Crippen LogP contribution in [0.4, 0.5) is 0 Å². The van der Waals surface area contributed by atoms with Crippen molar-refractivity contribution >= 4 is 22.2 Å². The summed E-state index contributed by atoms with van der Waals surface area (Å²) >= 11 is 0. The molecule has 0 saturated heterocycles. The molecule has 2 N–H and O–H groups in total. The molecule has 108 valence electrons. The topological polar surface area (TPSA) is 88.1 Å². The van der Waals surface area contributed by atoms with Crippen LogP contribution >= 0.6 is 0 Å². The number of benzene rings is 1. The fourth-order valence-corrected chi connectivity index (χ4v) is 2.74. The fraction of sp³-hybridized carbons (Fsp3) is 0.385. The Balaban J connectivity index is 2.21. The van der Waals surface area contributed by atoms with E-state index in [2.05, 4.69) is 9.50 Å². The van der Waals surface area contributed by atoms with E-state index in [9.17, 15) is 8.42 Å². The average molecular weight is 294 g/mol. The van der Waals surface area contributed by atoms with Crippen molar-refractivity contribution in [2.75, 3.05) is 6.54 Å². The van der Waals surface area contributed by atoms with Gasteiger partial charge in [-0.15, -0.1) is 4.40 Å². The molecule has 1 heterocycles. The zero-order chi connectivity index (χ0) is 14.8. The number of hydrazone groups is 1. The maximum Gasteiger partial charge on any atom is 0.285 e. The summed E-state index contributed by atoms with van der Waals surface area (Å²) in [4.78, 5) is 0.126. The van der Waals surface area contributed by atoms with E-state index in [1.165, 1.54) is 17.1 Å². The number of guanidine groups is 1. The highest BCUT2D eigenvalue weighted by Crippen LogP contribution is 2.15. The Morgan fingerprint density at radius 1 is 1.45 bits per heavy atom. The van der Waals surface area contributed by atoms with E-state index >= 15 is 0 Å². The first-order valence-corrected chi connectivity index (χ1v) is 7.85. The lowest BCUT2D eigenvalue weighted by atomic mass is 10.1. The molecule has 0 bridgehead atoms. The Hall–Kier alpha value is -1.89. The average Bonchev–Trinajstić information content (AvgIpc) is 2.87. The second-order valence-electron chi connectivity index (χ2n) is 4.75. The van der Waals surface area contributed by atoms with Gasteiger partial charge in [0.05, 0.1) is 11.4 Å². The van der Waals surface area contributed by atoms with E-state index < -0.39 is 10.0 Å². The third-order valence-corrected chi connectivity index (χ3v) is 4.44. The summed E-state index contributed by atoms with van der Waals surface area (Å²) in [6.45, 7) is 4.49. The molecule has 20 heavy (non-hydrogen) atoms. The highest BCUT2D eigenvalue weighted by Gasteiger charge is 2.21. The van der Waals surface area contributed by atoms with Crippen molar-refractivity contribution in [2.24, 2.45) is 21.2 Å². The molecule has 0 amide bonds. The van der Waals surface area contributed by atoms with Crippen molar-refractivity contribution in [1.82, 2.24) is 5.01 Å². The Morgan fingerprint density at radius 3 is 2.65 bits per heavy atom. The normalized spacial score (nSPS) is 19.6. The van der Waals surface area contributed by atoms with Gasteiger partial charge in [-0.2, -0.15) is 13.5 Å². The van der Waals surface area contributed by atoms with Gasteiger partial charge in [-0.05, 0) is 25.5 Å². The molecule has 0 fully saturated rings. The minimum Gasteiger partial charge on any atom is -0.367 e. The van der Waals surface area contributed by atoms with E-state index in [1.54, 1.807) is 18.3 Å². The van der Waals surface area contributed by atoms with Gasteiger partial charge >= 0.3 is 0 Å². The van der Waals surface area contributed by atoms with Crippen molar-refractivity contribution in [3.63, 3.8) is 0 Å². The van der Waals surface area contributed by atoms with E-state index in [1.807, 2.05) is 13.8 Å². The first-order chi connectivity index (χ1) is 9.42. The summed E-state index contributed by atoms with van der Waals surface area (Å²) in [6, 6.07) is 6.48. The molecule has 1 aliphatic heterocycles. The molecule has 6 nitrogen and oxygen atoms in total. The number of rotatable bonds is 3. The maximum absolute atomic E-state index is 12.1. The molecular formula is C13H18N4O2S. The maximum atomic E-state index is 12.1. The molecule has 0 spiro atoms. The highest BCUT2D eigenvalue weighted by molar-refractivity contribution is 7.90. The second-order valence-corrected chi connectivity index (χ2v) is 6.36. The van der Waals surface area contributed by atoms with E-state index in [0.29, 0.717) is 6.54 Å². The van der Waals surface area contributed by atoms with Gasteiger partial charge in [0.2, 0.25) is 5.96 Å². The molecule has 1 atom stereocenters. The smallest absolute Gasteiger partial charge is 0.285 e. The third-order valence-electron chi connectivity index (χ3n) is 3.15. The molecule has 7 heteroatoms. The summed E-state index contributed by atoms with van der Waals surface area (Å²) in [5.41, 5.74) is 6.71. The van der Waals surface area contributed by atoms with Crippen molar-refractivity contribution in [1.29, 1.82) is 0 Å². The predicted octanol–water partition coefficient (Wildman–Crippen LogP) is 1.33. The molecule has 1 aromatic carbocycles. The van der Waals surface area contributed by atoms with Crippen LogP contribution in [0.3, 0.4) is 0 Å². The van der Waals surface area contributed by atoms with Crippen LogP contribution in [0.1, 0.15) is 18.9 Å². The van der Waals surface area contributed by atoms with Gasteiger partial charge < -0.3 is 5.73 Å². The van der Waals surface area contributed by atoms with Gasteiger partial charge in [0.15, 0.2) is 0 Å². The van der Waals surface area contributed by atoms with Crippen LogP contribution in [0.25, 0.3) is 0 Å². The first kappa shape index (κ1) is 14.5. The molecular weight excluding hydrogens is 276 g/mol. The number of hydrogen-bond acceptors (Lipinski definition) is 3. The molecule has 0 radical (unpaired) electrons. The Labute approximate surface area is 119 Å². The second kappa shape index (κ2) is 5.62. The Bertz CT molecular complexity index is 635. The summed E-state index contributed by atoms with van der Waals surface area (Å²) in [7, 11) is -3.79. The van der Waals surface area contributed by atoms with Crippen LogP contribution in [0.2, 0.25) is 0 Å². The molecule has 2 rings (SSSR count). The van der Waals surface area contributed by atoms with Crippen molar-refractivity contribution < 1.29 is 8.42 Å². The summed E-state index contributed by atoms with van der Waals surface area (Å²) in [6.07, 6.45) is 2.69. The van der Waals surface area contributed by atoms with Crippen LogP contribution < -0.4 is 5.73 Å². The van der Waals surface area contributed by atoms with Crippen molar-refractivity contribution in [2.45, 2.75) is 25.2 Å². The Kier molecular flexibility index (Phi) is 4.08. The third kappa shape index (κ3) is 3.16. The first-order valence-electron chi connectivity index (χ1n) is 6.41. The number of sulfonamides is 1. The zero-order valence-corrected chi connectivity index (χ0v) is 12.3. The zero-order valence-electron chi connectivity index (χ0n) is 11.5. The van der Waals surface area contributed by atoms with Gasteiger partial charge in [-0.1, -0.05) is 24.6 Å². The molecule has 1 aromatic rings. The lowest BCUT2D eigenvalue weighted by Crippen LogP contribution is -2.33. The lowest BCUT2D eigenvalue weighted by molar-refractivity contribution is 0.436. The van der Waals surface area contributed by atoms with E-state index in [0.717, 1.165) is 12.0 Å². The van der Waals surface area contributed by atoms with Crippen LogP contribution in [-0.2, 0) is 10.0 Å². The number of nitrogens with zero attached hydrogens (tertiary/aromatic N) is 3. The summed E-state index contributed by atoms with van der Waals surface area (Å²) in [5, 5.41) is 5.48. The van der Waals surface area contributed by atoms with Gasteiger partial charge in [-0.25, -0.2) is 5.01 Å². The minimum absolute atomic E-state index is 0.0993. The lowest BCUT2D eigenvalue weighted by Gasteiger charge is -2.13. The molecule has 0 aromatic heterocycles. The minimum atomic E-state index is -3.79. The monoisotopic (exact) mass is 294 g/mol. The van der Waals surface area contributed by atoms with Crippen LogP contribution in [0.5, 0.6) is 0 Å². The van der Waals surface area contributed by atoms with Crippen molar-refractivity contribution in [3.8, 4) is 0 Å².